The van der Waals surface area contributed by atoms with E-state index in [1.807, 2.05) is 19.9 Å². The molecule has 98 valence electrons. The van der Waals surface area contributed by atoms with Crippen LogP contribution < -0.4 is 4.74 Å². The highest BCUT2D eigenvalue weighted by molar-refractivity contribution is 5.30. The van der Waals surface area contributed by atoms with Crippen LogP contribution in [0.4, 0.5) is 0 Å². The lowest BCUT2D eigenvalue weighted by Crippen LogP contribution is -2.32. The average molecular weight is 247 g/mol. The van der Waals surface area contributed by atoms with Crippen molar-refractivity contribution in [3.8, 4) is 5.75 Å². The SMILES string of the molecule is CC(C)Oc1cncc(C2(O)CC3CCC2C3)c1. The normalized spacial score (nSPS) is 34.2. The van der Waals surface area contributed by atoms with Crippen molar-refractivity contribution in [2.24, 2.45) is 11.8 Å². The average Bonchev–Trinajstić information content (AvgIpc) is 2.89. The summed E-state index contributed by atoms with van der Waals surface area (Å²) in [5, 5.41) is 10.9. The molecule has 18 heavy (non-hydrogen) atoms. The van der Waals surface area contributed by atoms with Crippen LogP contribution in [0.15, 0.2) is 18.5 Å². The first kappa shape index (κ1) is 12.0. The minimum absolute atomic E-state index is 0.136. The highest BCUT2D eigenvalue weighted by Crippen LogP contribution is 2.55. The van der Waals surface area contributed by atoms with E-state index in [-0.39, 0.29) is 6.10 Å². The van der Waals surface area contributed by atoms with E-state index in [1.54, 1.807) is 12.4 Å². The van der Waals surface area contributed by atoms with Gasteiger partial charge in [-0.05, 0) is 57.4 Å². The van der Waals surface area contributed by atoms with Crippen LogP contribution in [0.5, 0.6) is 5.75 Å². The van der Waals surface area contributed by atoms with Gasteiger partial charge < -0.3 is 9.84 Å². The van der Waals surface area contributed by atoms with E-state index in [0.29, 0.717) is 11.8 Å². The smallest absolute Gasteiger partial charge is 0.138 e. The molecule has 1 heterocycles. The first-order chi connectivity index (χ1) is 8.58. The monoisotopic (exact) mass is 247 g/mol. The van der Waals surface area contributed by atoms with Gasteiger partial charge in [-0.25, -0.2) is 0 Å². The molecule has 3 atom stereocenters. The van der Waals surface area contributed by atoms with Crippen LogP contribution in [0.3, 0.4) is 0 Å². The predicted octanol–water partition coefficient (Wildman–Crippen LogP) is 2.88. The lowest BCUT2D eigenvalue weighted by Gasteiger charge is -2.32. The molecular formula is C15H21NO2. The standard InChI is InChI=1S/C15H21NO2/c1-10(2)18-14-6-13(8-16-9-14)15(17)7-11-3-4-12(15)5-11/h6,8-12,17H,3-5,7H2,1-2H3. The van der Waals surface area contributed by atoms with Gasteiger partial charge in [0, 0.05) is 11.8 Å². The Morgan fingerprint density at radius 3 is 2.83 bits per heavy atom. The molecule has 2 aliphatic rings. The van der Waals surface area contributed by atoms with Gasteiger partial charge in [0.15, 0.2) is 0 Å². The first-order valence-electron chi connectivity index (χ1n) is 6.92. The zero-order valence-electron chi connectivity index (χ0n) is 11.1. The van der Waals surface area contributed by atoms with Crippen LogP contribution in [0.1, 0.15) is 45.1 Å². The molecule has 3 nitrogen and oxygen atoms in total. The molecule has 2 bridgehead atoms. The van der Waals surface area contributed by atoms with Crippen LogP contribution in [0, 0.1) is 11.8 Å². The maximum absolute atomic E-state index is 10.9. The fourth-order valence-corrected chi connectivity index (χ4v) is 3.65. The fourth-order valence-electron chi connectivity index (χ4n) is 3.65. The summed E-state index contributed by atoms with van der Waals surface area (Å²) in [6.07, 6.45) is 8.15. The van der Waals surface area contributed by atoms with Crippen LogP contribution in [0.2, 0.25) is 0 Å². The second-order valence-electron chi connectivity index (χ2n) is 6.08. The van der Waals surface area contributed by atoms with Gasteiger partial charge in [-0.1, -0.05) is 0 Å². The number of hydrogen-bond donors (Lipinski definition) is 1. The Morgan fingerprint density at radius 1 is 1.39 bits per heavy atom. The highest BCUT2D eigenvalue weighted by atomic mass is 16.5. The minimum Gasteiger partial charge on any atom is -0.489 e. The topological polar surface area (TPSA) is 42.4 Å². The van der Waals surface area contributed by atoms with Gasteiger partial charge in [0.25, 0.3) is 0 Å². The summed E-state index contributed by atoms with van der Waals surface area (Å²) in [4.78, 5) is 4.23. The van der Waals surface area contributed by atoms with Gasteiger partial charge in [0.05, 0.1) is 17.9 Å². The molecule has 0 spiro atoms. The summed E-state index contributed by atoms with van der Waals surface area (Å²) >= 11 is 0. The van der Waals surface area contributed by atoms with Gasteiger partial charge in [-0.15, -0.1) is 0 Å². The highest BCUT2D eigenvalue weighted by Gasteiger charge is 2.51. The number of nitrogens with zero attached hydrogens (tertiary/aromatic N) is 1. The molecule has 0 aliphatic heterocycles. The van der Waals surface area contributed by atoms with Crippen molar-refractivity contribution in [3.63, 3.8) is 0 Å². The van der Waals surface area contributed by atoms with Gasteiger partial charge in [0.1, 0.15) is 5.75 Å². The lowest BCUT2D eigenvalue weighted by molar-refractivity contribution is -0.0187. The molecule has 0 aromatic carbocycles. The molecule has 1 aromatic rings. The summed E-state index contributed by atoms with van der Waals surface area (Å²) in [6.45, 7) is 4.00. The fraction of sp³-hybridized carbons (Fsp3) is 0.667. The van der Waals surface area contributed by atoms with Crippen LogP contribution >= 0.6 is 0 Å². The van der Waals surface area contributed by atoms with Crippen LogP contribution in [-0.2, 0) is 5.60 Å². The number of aromatic nitrogens is 1. The molecule has 2 saturated carbocycles. The van der Waals surface area contributed by atoms with Crippen LogP contribution in [0.25, 0.3) is 0 Å². The molecule has 3 unspecified atom stereocenters. The van der Waals surface area contributed by atoms with Crippen molar-refractivity contribution in [3.05, 3.63) is 24.0 Å². The largest absolute Gasteiger partial charge is 0.489 e. The zero-order chi connectivity index (χ0) is 12.8. The molecule has 2 fully saturated rings. The van der Waals surface area contributed by atoms with Crippen molar-refractivity contribution in [1.29, 1.82) is 0 Å². The van der Waals surface area contributed by atoms with E-state index in [0.717, 1.165) is 24.2 Å². The summed E-state index contributed by atoms with van der Waals surface area (Å²) < 4.78 is 5.67. The summed E-state index contributed by atoms with van der Waals surface area (Å²) in [5.41, 5.74) is 0.277. The maximum Gasteiger partial charge on any atom is 0.138 e. The van der Waals surface area contributed by atoms with E-state index < -0.39 is 5.60 Å². The number of fused-ring (bicyclic) bond motifs is 2. The predicted molar refractivity (Wildman–Crippen MR) is 69.3 cm³/mol. The van der Waals surface area contributed by atoms with Crippen molar-refractivity contribution in [2.45, 2.75) is 51.2 Å². The number of rotatable bonds is 3. The number of pyridine rings is 1. The van der Waals surface area contributed by atoms with Gasteiger partial charge >= 0.3 is 0 Å². The third-order valence-corrected chi connectivity index (χ3v) is 4.40. The molecule has 3 heteroatoms. The van der Waals surface area contributed by atoms with Crippen LogP contribution in [-0.4, -0.2) is 16.2 Å². The van der Waals surface area contributed by atoms with E-state index >= 15 is 0 Å². The Morgan fingerprint density at radius 2 is 2.22 bits per heavy atom. The Bertz CT molecular complexity index is 446. The summed E-state index contributed by atoms with van der Waals surface area (Å²) in [7, 11) is 0. The summed E-state index contributed by atoms with van der Waals surface area (Å²) in [5.74, 6) is 1.88. The molecular weight excluding hydrogens is 226 g/mol. The molecule has 0 radical (unpaired) electrons. The van der Waals surface area contributed by atoms with E-state index in [4.69, 9.17) is 4.74 Å². The maximum atomic E-state index is 10.9. The first-order valence-corrected chi connectivity index (χ1v) is 6.92. The van der Waals surface area contributed by atoms with E-state index in [9.17, 15) is 5.11 Å². The second kappa shape index (κ2) is 4.23. The third kappa shape index (κ3) is 1.91. The number of aliphatic hydroxyl groups is 1. The molecule has 2 aliphatic carbocycles. The second-order valence-corrected chi connectivity index (χ2v) is 6.08. The summed E-state index contributed by atoms with van der Waals surface area (Å²) in [6, 6.07) is 1.97. The molecule has 1 N–H and O–H groups in total. The Kier molecular flexibility index (Phi) is 2.81. The molecule has 0 saturated heterocycles. The van der Waals surface area contributed by atoms with E-state index in [1.165, 1.54) is 12.8 Å². The van der Waals surface area contributed by atoms with Crippen molar-refractivity contribution in [2.75, 3.05) is 0 Å². The number of hydrogen-bond acceptors (Lipinski definition) is 3. The van der Waals surface area contributed by atoms with Crippen molar-refractivity contribution >= 4 is 0 Å². The Hall–Kier alpha value is -1.09. The lowest BCUT2D eigenvalue weighted by atomic mass is 9.79. The molecule has 0 amide bonds. The van der Waals surface area contributed by atoms with E-state index in [2.05, 4.69) is 4.98 Å². The Balaban J connectivity index is 1.88. The quantitative estimate of drug-likeness (QED) is 0.893. The van der Waals surface area contributed by atoms with Gasteiger partial charge in [0.2, 0.25) is 0 Å². The van der Waals surface area contributed by atoms with Crippen molar-refractivity contribution < 1.29 is 9.84 Å². The zero-order valence-corrected chi connectivity index (χ0v) is 11.1. The number of ether oxygens (including phenoxy) is 1. The molecule has 3 rings (SSSR count). The van der Waals surface area contributed by atoms with Crippen molar-refractivity contribution in [1.82, 2.24) is 4.98 Å². The minimum atomic E-state index is -0.660. The van der Waals surface area contributed by atoms with Gasteiger partial charge in [-0.3, -0.25) is 4.98 Å². The van der Waals surface area contributed by atoms with Gasteiger partial charge in [-0.2, -0.15) is 0 Å². The Labute approximate surface area is 108 Å². The third-order valence-electron chi connectivity index (χ3n) is 4.40. The molecule has 1 aromatic heterocycles.